The van der Waals surface area contributed by atoms with Crippen LogP contribution in [0.4, 0.5) is 5.13 Å². The number of fused-ring (bicyclic) bond motifs is 2. The maximum Gasteiger partial charge on any atom is 0.297 e. The topological polar surface area (TPSA) is 63.4 Å². The minimum absolute atomic E-state index is 0.0126. The molecule has 0 radical (unpaired) electrons. The molecule has 0 N–H and O–H groups in total. The highest BCUT2D eigenvalue weighted by molar-refractivity contribution is 7.15. The number of benzene rings is 2. The predicted octanol–water partition coefficient (Wildman–Crippen LogP) is 6.58. The highest BCUT2D eigenvalue weighted by atomic mass is 35.5. The smallest absolute Gasteiger partial charge is 0.297 e. The zero-order valence-electron chi connectivity index (χ0n) is 16.2. The van der Waals surface area contributed by atoms with Crippen molar-refractivity contribution in [1.82, 2.24) is 4.98 Å². The number of rotatable bonds is 2. The van der Waals surface area contributed by atoms with Crippen LogP contribution in [0.2, 0.25) is 15.1 Å². The minimum Gasteiger partial charge on any atom is -0.450 e. The number of halogens is 3. The lowest BCUT2D eigenvalue weighted by molar-refractivity contribution is 0.0971. The number of nitrogens with zero attached hydrogens (tertiary/aromatic N) is 2. The first-order valence-electron chi connectivity index (χ1n) is 9.25. The van der Waals surface area contributed by atoms with Gasteiger partial charge in [0.05, 0.1) is 32.7 Å². The molecular formula is C22H13Cl3N2O3S. The van der Waals surface area contributed by atoms with Crippen molar-refractivity contribution in [1.29, 1.82) is 0 Å². The van der Waals surface area contributed by atoms with Gasteiger partial charge in [-0.05, 0) is 49.7 Å². The van der Waals surface area contributed by atoms with E-state index in [-0.39, 0.29) is 16.8 Å². The number of anilines is 1. The number of aryl methyl sites for hydroxylation is 2. The molecule has 1 aliphatic rings. The van der Waals surface area contributed by atoms with E-state index >= 15 is 0 Å². The molecular weight excluding hydrogens is 479 g/mol. The van der Waals surface area contributed by atoms with Gasteiger partial charge in [-0.25, -0.2) is 4.98 Å². The lowest BCUT2D eigenvalue weighted by Crippen LogP contribution is -2.29. The number of aromatic nitrogens is 1. The second-order valence-corrected chi connectivity index (χ2v) is 9.64. The van der Waals surface area contributed by atoms with Gasteiger partial charge in [0, 0.05) is 9.90 Å². The fourth-order valence-electron chi connectivity index (χ4n) is 3.70. The van der Waals surface area contributed by atoms with Crippen LogP contribution in [0.15, 0.2) is 45.6 Å². The summed E-state index contributed by atoms with van der Waals surface area (Å²) >= 11 is 19.9. The number of amides is 1. The summed E-state index contributed by atoms with van der Waals surface area (Å²) in [7, 11) is 0. The molecule has 5 rings (SSSR count). The molecule has 1 aliphatic heterocycles. The van der Waals surface area contributed by atoms with Crippen LogP contribution in [0.3, 0.4) is 0 Å². The Kier molecular flexibility index (Phi) is 4.86. The Morgan fingerprint density at radius 2 is 1.81 bits per heavy atom. The Morgan fingerprint density at radius 1 is 1.03 bits per heavy atom. The summed E-state index contributed by atoms with van der Waals surface area (Å²) in [6.07, 6.45) is 0. The van der Waals surface area contributed by atoms with E-state index in [0.29, 0.717) is 36.7 Å². The number of hydrogen-bond donors (Lipinski definition) is 0. The van der Waals surface area contributed by atoms with Crippen LogP contribution in [0.25, 0.3) is 11.0 Å². The molecule has 0 fully saturated rings. The summed E-state index contributed by atoms with van der Waals surface area (Å²) in [6.45, 7) is 3.80. The first kappa shape index (κ1) is 20.5. The summed E-state index contributed by atoms with van der Waals surface area (Å²) in [5, 5.41) is 1.87. The van der Waals surface area contributed by atoms with Crippen LogP contribution in [-0.2, 0) is 0 Å². The van der Waals surface area contributed by atoms with Crippen molar-refractivity contribution in [3.05, 3.63) is 89.1 Å². The Morgan fingerprint density at radius 3 is 2.48 bits per heavy atom. The van der Waals surface area contributed by atoms with Gasteiger partial charge in [-0.3, -0.25) is 14.5 Å². The predicted molar refractivity (Wildman–Crippen MR) is 124 cm³/mol. The number of hydrogen-bond acceptors (Lipinski definition) is 5. The summed E-state index contributed by atoms with van der Waals surface area (Å²) in [4.78, 5) is 34.0. The van der Waals surface area contributed by atoms with E-state index in [1.165, 1.54) is 16.2 Å². The normalized spacial score (nSPS) is 15.7. The maximum atomic E-state index is 13.5. The molecule has 1 unspecified atom stereocenters. The lowest BCUT2D eigenvalue weighted by Gasteiger charge is -2.22. The Labute approximate surface area is 195 Å². The Hall–Kier alpha value is -2.38. The third-order valence-corrected chi connectivity index (χ3v) is 7.36. The van der Waals surface area contributed by atoms with Crippen molar-refractivity contribution in [3.63, 3.8) is 0 Å². The highest BCUT2D eigenvalue weighted by Gasteiger charge is 2.45. The monoisotopic (exact) mass is 490 g/mol. The van der Waals surface area contributed by atoms with Gasteiger partial charge in [0.2, 0.25) is 5.76 Å². The molecule has 0 saturated carbocycles. The molecule has 5 nitrogen and oxygen atoms in total. The SMILES string of the molecule is Cc1nc(N2C(=O)c3oc4ccc(Cl)cc4c(=O)c3C2c2ccc(Cl)c(Cl)c2)sc1C. The average Bonchev–Trinajstić information content (AvgIpc) is 3.21. The van der Waals surface area contributed by atoms with Crippen LogP contribution in [0.5, 0.6) is 0 Å². The van der Waals surface area contributed by atoms with E-state index in [2.05, 4.69) is 4.98 Å². The van der Waals surface area contributed by atoms with Crippen molar-refractivity contribution in [2.75, 3.05) is 4.90 Å². The lowest BCUT2D eigenvalue weighted by atomic mass is 9.99. The van der Waals surface area contributed by atoms with Gasteiger partial charge in [0.15, 0.2) is 10.6 Å². The second kappa shape index (κ2) is 7.35. The van der Waals surface area contributed by atoms with Gasteiger partial charge in [0.1, 0.15) is 5.58 Å². The van der Waals surface area contributed by atoms with Gasteiger partial charge in [-0.1, -0.05) is 40.9 Å². The third kappa shape index (κ3) is 3.17. The van der Waals surface area contributed by atoms with E-state index in [0.717, 1.165) is 10.6 Å². The number of carbonyl (C=O) groups excluding carboxylic acids is 1. The van der Waals surface area contributed by atoms with Crippen molar-refractivity contribution in [3.8, 4) is 0 Å². The van der Waals surface area contributed by atoms with Crippen LogP contribution in [-0.4, -0.2) is 10.9 Å². The quantitative estimate of drug-likeness (QED) is 0.318. The first-order chi connectivity index (χ1) is 14.8. The number of thiazole rings is 1. The maximum absolute atomic E-state index is 13.5. The molecule has 1 amide bonds. The van der Waals surface area contributed by atoms with E-state index in [1.54, 1.807) is 36.4 Å². The molecule has 31 heavy (non-hydrogen) atoms. The van der Waals surface area contributed by atoms with Crippen molar-refractivity contribution < 1.29 is 9.21 Å². The van der Waals surface area contributed by atoms with E-state index in [4.69, 9.17) is 39.2 Å². The molecule has 0 saturated heterocycles. The van der Waals surface area contributed by atoms with E-state index in [1.807, 2.05) is 13.8 Å². The Bertz CT molecular complexity index is 1440. The summed E-state index contributed by atoms with van der Waals surface area (Å²) < 4.78 is 5.91. The van der Waals surface area contributed by atoms with Gasteiger partial charge in [-0.15, -0.1) is 11.3 Å². The van der Waals surface area contributed by atoms with Crippen LogP contribution >= 0.6 is 46.1 Å². The number of carbonyl (C=O) groups is 1. The molecule has 1 atom stereocenters. The minimum atomic E-state index is -0.762. The molecule has 0 spiro atoms. The van der Waals surface area contributed by atoms with Crippen LogP contribution < -0.4 is 10.3 Å². The molecule has 9 heteroatoms. The zero-order chi connectivity index (χ0) is 22.0. The van der Waals surface area contributed by atoms with Gasteiger partial charge >= 0.3 is 0 Å². The summed E-state index contributed by atoms with van der Waals surface area (Å²) in [5.74, 6) is -0.449. The third-order valence-electron chi connectivity index (χ3n) is 5.31. The van der Waals surface area contributed by atoms with Crippen molar-refractivity contribution >= 4 is 68.1 Å². The molecule has 3 heterocycles. The van der Waals surface area contributed by atoms with E-state index < -0.39 is 11.9 Å². The summed E-state index contributed by atoms with van der Waals surface area (Å²) in [6, 6.07) is 9.00. The molecule has 0 aliphatic carbocycles. The van der Waals surface area contributed by atoms with Gasteiger partial charge in [-0.2, -0.15) is 0 Å². The van der Waals surface area contributed by atoms with Crippen molar-refractivity contribution in [2.24, 2.45) is 0 Å². The van der Waals surface area contributed by atoms with Crippen molar-refractivity contribution in [2.45, 2.75) is 19.9 Å². The molecule has 2 aromatic heterocycles. The largest absolute Gasteiger partial charge is 0.450 e. The van der Waals surface area contributed by atoms with Crippen LogP contribution in [0.1, 0.15) is 38.3 Å². The van der Waals surface area contributed by atoms with E-state index in [9.17, 15) is 9.59 Å². The Balaban J connectivity index is 1.84. The second-order valence-electron chi connectivity index (χ2n) is 7.20. The summed E-state index contributed by atoms with van der Waals surface area (Å²) in [5.41, 5.74) is 1.63. The first-order valence-corrected chi connectivity index (χ1v) is 11.2. The van der Waals surface area contributed by atoms with Crippen LogP contribution in [0, 0.1) is 13.8 Å². The fraction of sp³-hybridized carbons (Fsp3) is 0.136. The van der Waals surface area contributed by atoms with Gasteiger partial charge in [0.25, 0.3) is 5.91 Å². The highest BCUT2D eigenvalue weighted by Crippen LogP contribution is 2.44. The average molecular weight is 492 g/mol. The molecule has 2 aromatic carbocycles. The molecule has 4 aromatic rings. The standard InChI is InChI=1S/C22H13Cl3N2O3S/c1-9-10(2)31-22(26-9)27-18(11-3-5-14(24)15(25)7-11)17-19(28)13-8-12(23)4-6-16(13)30-20(17)21(27)29/h3-8,18H,1-2H3. The zero-order valence-corrected chi connectivity index (χ0v) is 19.3. The molecule has 0 bridgehead atoms. The molecule has 156 valence electrons. The van der Waals surface area contributed by atoms with Gasteiger partial charge < -0.3 is 4.42 Å². The fourth-order valence-corrected chi connectivity index (χ4v) is 5.11.